The minimum absolute atomic E-state index is 0.0163. The number of ether oxygens (including phenoxy) is 4. The Morgan fingerprint density at radius 2 is 1.83 bits per heavy atom. The molecule has 362 valence electrons. The molecule has 0 radical (unpaired) electrons. The van der Waals surface area contributed by atoms with E-state index in [1.807, 2.05) is 6.21 Å². The lowest BCUT2D eigenvalue weighted by molar-refractivity contribution is -0.360. The van der Waals surface area contributed by atoms with Crippen LogP contribution in [0.25, 0.3) is 16.9 Å². The van der Waals surface area contributed by atoms with E-state index < -0.39 is 59.5 Å². The molecule has 2 saturated heterocycles. The molecule has 1 spiro atoms. The highest BCUT2D eigenvalue weighted by Crippen LogP contribution is 2.52. The van der Waals surface area contributed by atoms with Crippen molar-refractivity contribution in [1.29, 1.82) is 0 Å². The smallest absolute Gasteiger partial charge is 0.343 e. The third-order valence-electron chi connectivity index (χ3n) is 14.5. The number of aliphatic hydroxyl groups is 3. The van der Waals surface area contributed by atoms with Gasteiger partial charge in [-0.25, -0.2) is 4.79 Å². The molecule has 3 aromatic rings. The molecule has 2 fully saturated rings. The number of nitrogens with one attached hydrogen (secondary N) is 1. The summed E-state index contributed by atoms with van der Waals surface area (Å²) in [5.41, 5.74) is 3.10. The van der Waals surface area contributed by atoms with Crippen LogP contribution in [0.1, 0.15) is 53.9 Å². The molecule has 4 aliphatic heterocycles. The quantitative estimate of drug-likeness (QED) is 0.111. The third-order valence-corrected chi connectivity index (χ3v) is 16.6. The van der Waals surface area contributed by atoms with E-state index in [-0.39, 0.29) is 70.3 Å². The molecule has 4 heterocycles. The topological polar surface area (TPSA) is 240 Å². The van der Waals surface area contributed by atoms with Crippen molar-refractivity contribution >= 4 is 62.4 Å². The zero-order chi connectivity index (χ0) is 48.8. The van der Waals surface area contributed by atoms with Crippen LogP contribution in [0, 0.1) is 29.6 Å². The number of nitrogens with two attached hydrogens (primary N) is 1. The molecule has 17 heteroatoms. The number of nitrogens with zero attached hydrogens (tertiary/aromatic N) is 1. The lowest BCUT2D eigenvalue weighted by atomic mass is 9.63. The number of rotatable bonds is 7. The van der Waals surface area contributed by atoms with Crippen molar-refractivity contribution in [2.24, 2.45) is 28.5 Å². The average Bonchev–Trinajstić information content (AvgIpc) is 3.88. The van der Waals surface area contributed by atoms with Gasteiger partial charge in [-0.3, -0.25) is 14.6 Å². The molecule has 8 aliphatic rings. The number of carbonyl (C=O) groups excluding carboxylic acids is 2. The van der Waals surface area contributed by atoms with Crippen LogP contribution >= 0.6 is 21.6 Å². The van der Waals surface area contributed by atoms with Crippen LogP contribution in [0.4, 0.5) is 0 Å². The molecule has 1 unspecified atom stereocenters. The summed E-state index contributed by atoms with van der Waals surface area (Å²) in [4.78, 5) is 45.1. The molecule has 15 nitrogen and oxygen atoms in total. The number of β-amino-alcohol motifs (C(OH)–C–C–N with tert-alkyl or cyclic N) is 1. The van der Waals surface area contributed by atoms with Gasteiger partial charge in [-0.2, -0.15) is 0 Å². The van der Waals surface area contributed by atoms with E-state index in [0.717, 1.165) is 36.1 Å². The van der Waals surface area contributed by atoms with Crippen LogP contribution in [-0.2, 0) is 23.9 Å². The van der Waals surface area contributed by atoms with Gasteiger partial charge in [-0.05, 0) is 101 Å². The monoisotopic (exact) mass is 985 g/mol. The number of amides is 1. The second kappa shape index (κ2) is 19.2. The highest BCUT2D eigenvalue weighted by Gasteiger charge is 2.77. The van der Waals surface area contributed by atoms with Crippen molar-refractivity contribution in [2.45, 2.75) is 66.9 Å². The average molecular weight is 986 g/mol. The Labute approximate surface area is 411 Å². The van der Waals surface area contributed by atoms with Gasteiger partial charge in [0.15, 0.2) is 17.0 Å². The minimum atomic E-state index is -2.65. The molecule has 0 aromatic heterocycles. The number of phenols is 1. The second-order valence-electron chi connectivity index (χ2n) is 18.4. The maximum Gasteiger partial charge on any atom is 0.343 e. The number of aliphatic carboxylic acids is 1. The van der Waals surface area contributed by atoms with Crippen LogP contribution in [-0.4, -0.2) is 116 Å². The minimum Gasteiger partial charge on any atom is -0.508 e. The number of aliphatic hydroxyl groups excluding tert-OH is 2. The van der Waals surface area contributed by atoms with Gasteiger partial charge in [0, 0.05) is 43.3 Å². The van der Waals surface area contributed by atoms with E-state index in [0.29, 0.717) is 30.7 Å². The number of phenolic OH excluding ortho intramolecular Hbond substituents is 1. The summed E-state index contributed by atoms with van der Waals surface area (Å²) in [6.45, 7) is 0.310. The Kier molecular flexibility index (Phi) is 13.1. The van der Waals surface area contributed by atoms with Gasteiger partial charge in [0.1, 0.15) is 35.1 Å². The van der Waals surface area contributed by atoms with Gasteiger partial charge in [-0.1, -0.05) is 82.3 Å². The number of hydrogen-bond acceptors (Lipinski definition) is 15. The first kappa shape index (κ1) is 47.6. The number of benzene rings is 3. The van der Waals surface area contributed by atoms with Crippen LogP contribution in [0.2, 0.25) is 0 Å². The SMILES string of the molecule is NC(=O)C1Oc2cc(O[C@@H]3O[C@]4(C(=O)O)C=CC(=O)[C@@]5(OCSSC[C@H](C6=CCN=C6)[C@@H]([C@@H]6CC#CCC[C@@H]7C=C/C(=C\C6)c6ccccc67)CNC[C@]35O)[C@@H]4O)ccc2C(O)=C1c1ccc(O)cc1. The predicted molar refractivity (Wildman–Crippen MR) is 265 cm³/mol. The fourth-order valence-corrected chi connectivity index (χ4v) is 12.9. The van der Waals surface area contributed by atoms with Crippen molar-refractivity contribution in [3.05, 3.63) is 131 Å². The molecule has 8 N–H and O–H groups in total. The van der Waals surface area contributed by atoms with Crippen LogP contribution < -0.4 is 20.5 Å². The van der Waals surface area contributed by atoms with E-state index in [4.69, 9.17) is 24.7 Å². The molecule has 11 rings (SSSR count). The summed E-state index contributed by atoms with van der Waals surface area (Å²) in [6.07, 6.45) is 9.77. The van der Waals surface area contributed by atoms with Gasteiger partial charge in [0.2, 0.25) is 18.0 Å². The van der Waals surface area contributed by atoms with Crippen molar-refractivity contribution in [2.75, 3.05) is 31.3 Å². The number of aromatic hydroxyl groups is 1. The Morgan fingerprint density at radius 3 is 2.61 bits per heavy atom. The number of primary amides is 1. The number of carboxylic acid groups (broad SMARTS) is 1. The zero-order valence-electron chi connectivity index (χ0n) is 37.7. The van der Waals surface area contributed by atoms with E-state index in [1.165, 1.54) is 75.2 Å². The number of fused-ring (bicyclic) bond motifs is 8. The summed E-state index contributed by atoms with van der Waals surface area (Å²) < 4.78 is 25.1. The molecular weight excluding hydrogens is 935 g/mol. The molecule has 0 saturated carbocycles. The van der Waals surface area contributed by atoms with E-state index in [1.54, 1.807) is 0 Å². The largest absolute Gasteiger partial charge is 0.508 e. The second-order valence-corrected chi connectivity index (χ2v) is 20.8. The summed E-state index contributed by atoms with van der Waals surface area (Å²) in [5.74, 6) is 3.34. The molecule has 70 heavy (non-hydrogen) atoms. The van der Waals surface area contributed by atoms with E-state index in [2.05, 4.69) is 70.7 Å². The Bertz CT molecular complexity index is 2870. The summed E-state index contributed by atoms with van der Waals surface area (Å²) in [6, 6.07) is 18.4. The highest BCUT2D eigenvalue weighted by atomic mass is 33.1. The van der Waals surface area contributed by atoms with Gasteiger partial charge in [-0.15, -0.1) is 11.8 Å². The highest BCUT2D eigenvalue weighted by molar-refractivity contribution is 8.76. The summed E-state index contributed by atoms with van der Waals surface area (Å²) in [5, 5.41) is 61.2. The zero-order valence-corrected chi connectivity index (χ0v) is 39.4. The standard InChI is InChI=1S/C53H51N3O12S2/c54-47(60)46-44(33-14-16-35(57)17-15-33)45(59)39-19-18-36(24-42(39)67-46)66-50-52(64)28-56-26-40(31-7-3-1-2-6-30-10-12-32(13-11-31)38-9-5-4-8-37(30)38)41(34-21-23-55-25-34)27-69-70-29-65-53(52)43(58)20-22-51(68-50,48(53)61)49(62)63/h4-5,8-10,12-22,24-25,30-31,40-41,46,48,50,56-57,59,61,64H,2,6-7,11,23,26-29H2,(H2,54,60)(H,62,63)/b32-13+/t30-,31-,40-,41-,46?,48-,50-,51-,52+,53-/m1/s1. The number of aliphatic imine (C=N–C) groups is 1. The fourth-order valence-electron chi connectivity index (χ4n) is 10.8. The van der Waals surface area contributed by atoms with Gasteiger partial charge in [0.25, 0.3) is 5.91 Å². The Morgan fingerprint density at radius 1 is 1.00 bits per heavy atom. The normalized spacial score (nSPS) is 33.4. The number of hydrogen-bond donors (Lipinski definition) is 7. The molecule has 1 amide bonds. The van der Waals surface area contributed by atoms with Gasteiger partial charge < -0.3 is 55.5 Å². The van der Waals surface area contributed by atoms with Crippen molar-refractivity contribution in [3.8, 4) is 29.1 Å². The number of carbonyl (C=O) groups is 3. The molecular formula is C53H51N3O12S2. The van der Waals surface area contributed by atoms with Crippen molar-refractivity contribution < 1.29 is 58.9 Å². The molecule has 10 atom stereocenters. The molecule has 4 bridgehead atoms. The Hall–Kier alpha value is -6.10. The summed E-state index contributed by atoms with van der Waals surface area (Å²) >= 11 is 0. The van der Waals surface area contributed by atoms with E-state index >= 15 is 0 Å². The number of carboxylic acids is 1. The lowest BCUT2D eigenvalue weighted by Gasteiger charge is -2.59. The lowest BCUT2D eigenvalue weighted by Crippen LogP contribution is -2.85. The maximum atomic E-state index is 14.5. The number of allylic oxidation sites excluding steroid dienone is 5. The van der Waals surface area contributed by atoms with Crippen LogP contribution in [0.15, 0.2) is 114 Å². The molecule has 4 aliphatic carbocycles. The predicted octanol–water partition coefficient (Wildman–Crippen LogP) is 5.73. The van der Waals surface area contributed by atoms with Crippen LogP contribution in [0.3, 0.4) is 0 Å². The number of ketones is 1. The van der Waals surface area contributed by atoms with Crippen molar-refractivity contribution in [1.82, 2.24) is 5.32 Å². The van der Waals surface area contributed by atoms with Crippen molar-refractivity contribution in [3.63, 3.8) is 0 Å². The first-order valence-corrected chi connectivity index (χ1v) is 25.6. The van der Waals surface area contributed by atoms with Crippen LogP contribution in [0.5, 0.6) is 17.2 Å². The maximum absolute atomic E-state index is 14.5. The first-order valence-electron chi connectivity index (χ1n) is 23.1. The van der Waals surface area contributed by atoms with Gasteiger partial charge >= 0.3 is 5.97 Å². The fraction of sp³-hybridized carbons (Fsp3) is 0.358. The summed E-state index contributed by atoms with van der Waals surface area (Å²) in [7, 11) is 2.75. The third kappa shape index (κ3) is 8.24. The van der Waals surface area contributed by atoms with Gasteiger partial charge in [0.05, 0.1) is 17.7 Å². The Balaban J connectivity index is 1.03. The van der Waals surface area contributed by atoms with E-state index in [9.17, 15) is 39.9 Å². The molecule has 3 aromatic carbocycles. The first-order chi connectivity index (χ1) is 33.8.